The summed E-state index contributed by atoms with van der Waals surface area (Å²) in [6, 6.07) is 9.76. The third-order valence-electron chi connectivity index (χ3n) is 3.33. The number of rotatable bonds is 5. The van der Waals surface area contributed by atoms with Crippen molar-refractivity contribution in [3.63, 3.8) is 0 Å². The molecule has 0 radical (unpaired) electrons. The van der Waals surface area contributed by atoms with E-state index in [-0.39, 0.29) is 17.8 Å². The van der Waals surface area contributed by atoms with Crippen molar-refractivity contribution in [1.82, 2.24) is 9.88 Å². The number of nitrogens with zero attached hydrogens (tertiary/aromatic N) is 2. The molecule has 0 bridgehead atoms. The molecule has 4 nitrogen and oxygen atoms in total. The lowest BCUT2D eigenvalue weighted by molar-refractivity contribution is -0.137. The molecule has 1 aromatic heterocycles. The highest BCUT2D eigenvalue weighted by molar-refractivity contribution is 8.00. The van der Waals surface area contributed by atoms with Crippen LogP contribution in [-0.2, 0) is 4.79 Å². The molecule has 0 N–H and O–H groups in total. The van der Waals surface area contributed by atoms with Gasteiger partial charge < -0.3 is 9.64 Å². The summed E-state index contributed by atoms with van der Waals surface area (Å²) in [5.41, 5.74) is 0. The van der Waals surface area contributed by atoms with Gasteiger partial charge in [0.05, 0.1) is 18.8 Å². The van der Waals surface area contributed by atoms with E-state index < -0.39 is 0 Å². The number of carbonyl (C=O) groups is 1. The SMILES string of the molecule is O=C(CSc1ccc(F)cc1)N1CC(Oc2ccncc2)C1. The van der Waals surface area contributed by atoms with E-state index in [9.17, 15) is 9.18 Å². The summed E-state index contributed by atoms with van der Waals surface area (Å²) in [4.78, 5) is 18.6. The smallest absolute Gasteiger partial charge is 0.233 e. The Bertz CT molecular complexity index is 630. The first-order valence-electron chi connectivity index (χ1n) is 6.93. The molecule has 1 amide bonds. The van der Waals surface area contributed by atoms with Crippen LogP contribution in [0.3, 0.4) is 0 Å². The van der Waals surface area contributed by atoms with Crippen LogP contribution in [0.15, 0.2) is 53.7 Å². The van der Waals surface area contributed by atoms with Crippen LogP contribution in [0.2, 0.25) is 0 Å². The lowest BCUT2D eigenvalue weighted by atomic mass is 10.1. The minimum absolute atomic E-state index is 0.0437. The molecule has 22 heavy (non-hydrogen) atoms. The van der Waals surface area contributed by atoms with E-state index in [1.54, 1.807) is 41.6 Å². The van der Waals surface area contributed by atoms with Gasteiger partial charge >= 0.3 is 0 Å². The van der Waals surface area contributed by atoms with Crippen molar-refractivity contribution in [3.8, 4) is 5.75 Å². The summed E-state index contributed by atoms with van der Waals surface area (Å²) in [5, 5.41) is 0. The van der Waals surface area contributed by atoms with Gasteiger partial charge in [-0.1, -0.05) is 0 Å². The second-order valence-electron chi connectivity index (χ2n) is 4.96. The first-order valence-corrected chi connectivity index (χ1v) is 7.92. The molecule has 0 spiro atoms. The van der Waals surface area contributed by atoms with Crippen LogP contribution in [-0.4, -0.2) is 40.7 Å². The van der Waals surface area contributed by atoms with Crippen molar-refractivity contribution >= 4 is 17.7 Å². The van der Waals surface area contributed by atoms with Gasteiger partial charge in [-0.2, -0.15) is 0 Å². The number of likely N-dealkylation sites (tertiary alicyclic amines) is 1. The maximum absolute atomic E-state index is 12.8. The number of benzene rings is 1. The van der Waals surface area contributed by atoms with E-state index in [0.717, 1.165) is 10.6 Å². The van der Waals surface area contributed by atoms with Crippen molar-refractivity contribution in [1.29, 1.82) is 0 Å². The molecule has 0 saturated carbocycles. The number of carbonyl (C=O) groups excluding carboxylic acids is 1. The van der Waals surface area contributed by atoms with Crippen LogP contribution < -0.4 is 4.74 Å². The molecule has 0 aliphatic carbocycles. The van der Waals surface area contributed by atoms with Crippen LogP contribution in [0.5, 0.6) is 5.75 Å². The highest BCUT2D eigenvalue weighted by Crippen LogP contribution is 2.21. The number of amides is 1. The molecule has 3 rings (SSSR count). The lowest BCUT2D eigenvalue weighted by Gasteiger charge is -2.38. The Balaban J connectivity index is 1.41. The molecule has 2 aromatic rings. The Morgan fingerprint density at radius 1 is 1.23 bits per heavy atom. The summed E-state index contributed by atoms with van der Waals surface area (Å²) in [7, 11) is 0. The van der Waals surface area contributed by atoms with Gasteiger partial charge in [-0.25, -0.2) is 4.39 Å². The monoisotopic (exact) mass is 318 g/mol. The average Bonchev–Trinajstić information content (AvgIpc) is 2.50. The molecular formula is C16H15FN2O2S. The Hall–Kier alpha value is -2.08. The summed E-state index contributed by atoms with van der Waals surface area (Å²) in [5.74, 6) is 0.930. The first kappa shape index (κ1) is 14.8. The maximum Gasteiger partial charge on any atom is 0.233 e. The van der Waals surface area contributed by atoms with Crippen LogP contribution in [0.25, 0.3) is 0 Å². The van der Waals surface area contributed by atoms with Crippen molar-refractivity contribution in [2.45, 2.75) is 11.0 Å². The van der Waals surface area contributed by atoms with E-state index >= 15 is 0 Å². The van der Waals surface area contributed by atoms with Crippen LogP contribution in [0, 0.1) is 5.82 Å². The van der Waals surface area contributed by atoms with E-state index in [2.05, 4.69) is 4.98 Å². The van der Waals surface area contributed by atoms with Crippen molar-refractivity contribution in [3.05, 3.63) is 54.6 Å². The molecule has 2 heterocycles. The van der Waals surface area contributed by atoms with E-state index in [0.29, 0.717) is 18.8 Å². The van der Waals surface area contributed by atoms with Crippen molar-refractivity contribution in [2.75, 3.05) is 18.8 Å². The van der Waals surface area contributed by atoms with Gasteiger partial charge in [0.25, 0.3) is 0 Å². The molecule has 1 aromatic carbocycles. The Labute approximate surface area is 132 Å². The quantitative estimate of drug-likeness (QED) is 0.795. The van der Waals surface area contributed by atoms with Crippen LogP contribution >= 0.6 is 11.8 Å². The topological polar surface area (TPSA) is 42.4 Å². The molecule has 1 aliphatic rings. The van der Waals surface area contributed by atoms with Gasteiger partial charge in [0.1, 0.15) is 17.7 Å². The van der Waals surface area contributed by atoms with Gasteiger partial charge in [-0.05, 0) is 36.4 Å². The zero-order valence-corrected chi connectivity index (χ0v) is 12.6. The predicted molar refractivity (Wildman–Crippen MR) is 82.4 cm³/mol. The number of hydrogen-bond donors (Lipinski definition) is 0. The fourth-order valence-corrected chi connectivity index (χ4v) is 2.89. The normalized spacial score (nSPS) is 14.5. The fraction of sp³-hybridized carbons (Fsp3) is 0.250. The molecule has 1 saturated heterocycles. The number of ether oxygens (including phenoxy) is 1. The standard InChI is InChI=1S/C16H15FN2O2S/c17-12-1-3-15(4-2-12)22-11-16(20)19-9-14(10-19)21-13-5-7-18-8-6-13/h1-8,14H,9-11H2. The third kappa shape index (κ3) is 3.76. The number of halogens is 1. The molecule has 0 atom stereocenters. The largest absolute Gasteiger partial charge is 0.487 e. The summed E-state index contributed by atoms with van der Waals surface area (Å²) >= 11 is 1.41. The van der Waals surface area contributed by atoms with Crippen LogP contribution in [0.4, 0.5) is 4.39 Å². The van der Waals surface area contributed by atoms with Crippen molar-refractivity contribution < 1.29 is 13.9 Å². The number of hydrogen-bond acceptors (Lipinski definition) is 4. The molecule has 1 fully saturated rings. The van der Waals surface area contributed by atoms with Gasteiger partial charge in [0.2, 0.25) is 5.91 Å². The summed E-state index contributed by atoms with van der Waals surface area (Å²) in [6.45, 7) is 1.20. The van der Waals surface area contributed by atoms with E-state index in [4.69, 9.17) is 4.74 Å². The molecular weight excluding hydrogens is 303 g/mol. The fourth-order valence-electron chi connectivity index (χ4n) is 2.09. The van der Waals surface area contributed by atoms with Gasteiger partial charge in [-0.3, -0.25) is 9.78 Å². The highest BCUT2D eigenvalue weighted by atomic mass is 32.2. The summed E-state index contributed by atoms with van der Waals surface area (Å²) < 4.78 is 18.5. The Morgan fingerprint density at radius 2 is 1.91 bits per heavy atom. The number of aromatic nitrogens is 1. The van der Waals surface area contributed by atoms with Gasteiger partial charge in [0.15, 0.2) is 0 Å². The highest BCUT2D eigenvalue weighted by Gasteiger charge is 2.31. The number of pyridine rings is 1. The first-order chi connectivity index (χ1) is 10.7. The van der Waals surface area contributed by atoms with Gasteiger partial charge in [-0.15, -0.1) is 11.8 Å². The molecule has 1 aliphatic heterocycles. The van der Waals surface area contributed by atoms with E-state index in [1.165, 1.54) is 23.9 Å². The third-order valence-corrected chi connectivity index (χ3v) is 4.33. The Kier molecular flexibility index (Phi) is 4.58. The summed E-state index contributed by atoms with van der Waals surface area (Å²) in [6.07, 6.45) is 3.40. The Morgan fingerprint density at radius 3 is 2.59 bits per heavy atom. The van der Waals surface area contributed by atoms with Crippen molar-refractivity contribution in [2.24, 2.45) is 0 Å². The molecule has 0 unspecified atom stereocenters. The number of thioether (sulfide) groups is 1. The van der Waals surface area contributed by atoms with Crippen LogP contribution in [0.1, 0.15) is 0 Å². The lowest BCUT2D eigenvalue weighted by Crippen LogP contribution is -2.56. The minimum Gasteiger partial charge on any atom is -0.487 e. The predicted octanol–water partition coefficient (Wildman–Crippen LogP) is 2.60. The second-order valence-corrected chi connectivity index (χ2v) is 6.01. The molecule has 6 heteroatoms. The molecule has 114 valence electrons. The minimum atomic E-state index is -0.269. The zero-order valence-electron chi connectivity index (χ0n) is 11.8. The van der Waals surface area contributed by atoms with Gasteiger partial charge in [0, 0.05) is 17.3 Å². The average molecular weight is 318 g/mol. The second kappa shape index (κ2) is 6.79. The maximum atomic E-state index is 12.8. The zero-order chi connectivity index (χ0) is 15.4. The van der Waals surface area contributed by atoms with E-state index in [1.807, 2.05) is 0 Å².